The van der Waals surface area contributed by atoms with Crippen molar-refractivity contribution in [2.45, 2.75) is 13.3 Å². The van der Waals surface area contributed by atoms with Crippen LogP contribution in [-0.4, -0.2) is 21.2 Å². The highest BCUT2D eigenvalue weighted by Gasteiger charge is 2.15. The van der Waals surface area contributed by atoms with E-state index in [1.807, 2.05) is 36.4 Å². The van der Waals surface area contributed by atoms with E-state index in [2.05, 4.69) is 32.7 Å². The number of nitrogens with two attached hydrogens (primary N) is 1. The maximum atomic E-state index is 12.2. The van der Waals surface area contributed by atoms with Gasteiger partial charge in [0.2, 0.25) is 0 Å². The molecule has 8 heteroatoms. The fraction of sp³-hybridized carbons (Fsp3) is 0.100. The molecule has 0 atom stereocenters. The molecule has 140 valence electrons. The quantitative estimate of drug-likeness (QED) is 0.495. The summed E-state index contributed by atoms with van der Waals surface area (Å²) in [6, 6.07) is 14.6. The molecule has 0 bridgehead atoms. The molecule has 0 aliphatic carbocycles. The number of hydrogen-bond acceptors (Lipinski definition) is 6. The van der Waals surface area contributed by atoms with Crippen LogP contribution in [-0.2, 0) is 6.42 Å². The third kappa shape index (κ3) is 3.48. The van der Waals surface area contributed by atoms with Crippen LogP contribution in [0.2, 0.25) is 0 Å². The van der Waals surface area contributed by atoms with E-state index in [1.165, 1.54) is 6.33 Å². The fourth-order valence-corrected chi connectivity index (χ4v) is 2.88. The number of aryl methyl sites for hydroxylation is 1. The Kier molecular flexibility index (Phi) is 4.59. The zero-order chi connectivity index (χ0) is 19.5. The summed E-state index contributed by atoms with van der Waals surface area (Å²) in [4.78, 5) is 20.2. The Hall–Kier alpha value is -3.94. The van der Waals surface area contributed by atoms with Crippen molar-refractivity contribution in [2.75, 3.05) is 16.4 Å². The second-order valence-corrected chi connectivity index (χ2v) is 6.18. The van der Waals surface area contributed by atoms with E-state index >= 15 is 0 Å². The highest BCUT2D eigenvalue weighted by Crippen LogP contribution is 2.30. The number of urea groups is 1. The number of amides is 2. The Morgan fingerprint density at radius 1 is 1.07 bits per heavy atom. The number of anilines is 3. The lowest BCUT2D eigenvalue weighted by Gasteiger charge is -2.09. The van der Waals surface area contributed by atoms with Crippen LogP contribution in [0.25, 0.3) is 22.4 Å². The number of nitrogens with one attached hydrogen (secondary N) is 2. The standard InChI is InChI=1S/C20H18N6O2/c1-2-12-4-3-5-15(10-12)25-20(27)24-14-8-6-13(7-9-14)17-16-18(21)22-11-23-19(16)28-26-17/h3-11H,2H2,1H3,(H2,21,22,23)(H2,24,25,27). The Morgan fingerprint density at radius 3 is 2.64 bits per heavy atom. The number of carbonyl (C=O) groups excluding carboxylic acids is 1. The highest BCUT2D eigenvalue weighted by molar-refractivity contribution is 6.00. The summed E-state index contributed by atoms with van der Waals surface area (Å²) in [5, 5.41) is 10.2. The Labute approximate surface area is 160 Å². The van der Waals surface area contributed by atoms with Gasteiger partial charge < -0.3 is 20.9 Å². The lowest BCUT2D eigenvalue weighted by molar-refractivity contribution is 0.262. The summed E-state index contributed by atoms with van der Waals surface area (Å²) in [5.41, 5.74) is 10.1. The van der Waals surface area contributed by atoms with Gasteiger partial charge in [0, 0.05) is 16.9 Å². The minimum Gasteiger partial charge on any atom is -0.383 e. The summed E-state index contributed by atoms with van der Waals surface area (Å²) in [6.45, 7) is 2.07. The van der Waals surface area contributed by atoms with Gasteiger partial charge >= 0.3 is 6.03 Å². The molecule has 2 heterocycles. The van der Waals surface area contributed by atoms with E-state index in [-0.39, 0.29) is 6.03 Å². The first-order valence-corrected chi connectivity index (χ1v) is 8.77. The minimum atomic E-state index is -0.314. The highest BCUT2D eigenvalue weighted by atomic mass is 16.5. The smallest absolute Gasteiger partial charge is 0.323 e. The normalized spacial score (nSPS) is 10.8. The molecule has 0 fully saturated rings. The molecule has 4 rings (SSSR count). The molecule has 2 amide bonds. The molecule has 2 aromatic heterocycles. The van der Waals surface area contributed by atoms with Crippen molar-refractivity contribution in [3.8, 4) is 11.3 Å². The molecule has 0 aliphatic heterocycles. The second kappa shape index (κ2) is 7.36. The molecule has 4 aromatic rings. The molecule has 0 unspecified atom stereocenters. The minimum absolute atomic E-state index is 0.303. The van der Waals surface area contributed by atoms with Crippen LogP contribution in [0, 0.1) is 0 Å². The summed E-state index contributed by atoms with van der Waals surface area (Å²) in [7, 11) is 0. The van der Waals surface area contributed by atoms with Crippen LogP contribution >= 0.6 is 0 Å². The molecule has 2 aromatic carbocycles. The van der Waals surface area contributed by atoms with Crippen LogP contribution < -0.4 is 16.4 Å². The van der Waals surface area contributed by atoms with Gasteiger partial charge in [0.1, 0.15) is 23.2 Å². The maximum Gasteiger partial charge on any atom is 0.323 e. The number of rotatable bonds is 4. The topological polar surface area (TPSA) is 119 Å². The average Bonchev–Trinajstić information content (AvgIpc) is 3.14. The van der Waals surface area contributed by atoms with Crippen molar-refractivity contribution in [1.29, 1.82) is 0 Å². The van der Waals surface area contributed by atoms with Crippen LogP contribution in [0.5, 0.6) is 0 Å². The van der Waals surface area contributed by atoms with E-state index in [0.717, 1.165) is 23.2 Å². The van der Waals surface area contributed by atoms with Gasteiger partial charge in [-0.1, -0.05) is 36.3 Å². The van der Waals surface area contributed by atoms with Gasteiger partial charge in [0.25, 0.3) is 5.71 Å². The molecular formula is C20H18N6O2. The predicted octanol–water partition coefficient (Wildman–Crippen LogP) is 4.07. The first kappa shape index (κ1) is 17.5. The molecule has 0 spiro atoms. The summed E-state index contributed by atoms with van der Waals surface area (Å²) >= 11 is 0. The lowest BCUT2D eigenvalue weighted by atomic mass is 10.1. The first-order valence-electron chi connectivity index (χ1n) is 8.77. The summed E-state index contributed by atoms with van der Waals surface area (Å²) in [5.74, 6) is 0.303. The van der Waals surface area contributed by atoms with E-state index in [9.17, 15) is 4.79 Å². The maximum absolute atomic E-state index is 12.2. The zero-order valence-electron chi connectivity index (χ0n) is 15.1. The van der Waals surface area contributed by atoms with Gasteiger partial charge in [-0.25, -0.2) is 9.78 Å². The van der Waals surface area contributed by atoms with Crippen LogP contribution in [0.15, 0.2) is 59.4 Å². The third-order valence-corrected chi connectivity index (χ3v) is 4.31. The lowest BCUT2D eigenvalue weighted by Crippen LogP contribution is -2.19. The average molecular weight is 374 g/mol. The monoisotopic (exact) mass is 374 g/mol. The predicted molar refractivity (Wildman–Crippen MR) is 108 cm³/mol. The Morgan fingerprint density at radius 2 is 1.86 bits per heavy atom. The van der Waals surface area contributed by atoms with Gasteiger partial charge in [-0.2, -0.15) is 4.98 Å². The molecule has 0 radical (unpaired) electrons. The molecule has 8 nitrogen and oxygen atoms in total. The number of hydrogen-bond donors (Lipinski definition) is 3. The molecule has 0 aliphatic rings. The number of fused-ring (bicyclic) bond motifs is 1. The van der Waals surface area contributed by atoms with Crippen molar-refractivity contribution in [3.63, 3.8) is 0 Å². The third-order valence-electron chi connectivity index (χ3n) is 4.31. The van der Waals surface area contributed by atoms with Crippen molar-refractivity contribution in [1.82, 2.24) is 15.1 Å². The van der Waals surface area contributed by atoms with Crippen LogP contribution in [0.1, 0.15) is 12.5 Å². The molecule has 28 heavy (non-hydrogen) atoms. The van der Waals surface area contributed by atoms with E-state index in [1.54, 1.807) is 12.1 Å². The van der Waals surface area contributed by atoms with Gasteiger partial charge in [-0.05, 0) is 36.2 Å². The second-order valence-electron chi connectivity index (χ2n) is 6.18. The van der Waals surface area contributed by atoms with Crippen LogP contribution in [0.4, 0.5) is 22.0 Å². The van der Waals surface area contributed by atoms with E-state index < -0.39 is 0 Å². The first-order chi connectivity index (χ1) is 13.6. The van der Waals surface area contributed by atoms with Gasteiger partial charge in [-0.15, -0.1) is 0 Å². The molecular weight excluding hydrogens is 356 g/mol. The summed E-state index contributed by atoms with van der Waals surface area (Å²) in [6.07, 6.45) is 2.24. The Balaban J connectivity index is 1.49. The zero-order valence-corrected chi connectivity index (χ0v) is 15.1. The van der Waals surface area contributed by atoms with Crippen molar-refractivity contribution >= 4 is 34.3 Å². The number of carbonyl (C=O) groups is 1. The van der Waals surface area contributed by atoms with Crippen LogP contribution in [0.3, 0.4) is 0 Å². The van der Waals surface area contributed by atoms with E-state index in [4.69, 9.17) is 10.3 Å². The molecule has 0 saturated heterocycles. The van der Waals surface area contributed by atoms with Gasteiger partial charge in [0.15, 0.2) is 0 Å². The number of aromatic nitrogens is 3. The Bertz CT molecular complexity index is 1140. The number of nitrogens with zero attached hydrogens (tertiary/aromatic N) is 3. The largest absolute Gasteiger partial charge is 0.383 e. The SMILES string of the molecule is CCc1cccc(NC(=O)Nc2ccc(-c3noc4ncnc(N)c34)cc2)c1. The van der Waals surface area contributed by atoms with Crippen molar-refractivity contribution < 1.29 is 9.32 Å². The molecule has 0 saturated carbocycles. The van der Waals surface area contributed by atoms with Gasteiger partial charge in [-0.3, -0.25) is 0 Å². The number of benzene rings is 2. The van der Waals surface area contributed by atoms with Gasteiger partial charge in [0.05, 0.1) is 0 Å². The van der Waals surface area contributed by atoms with E-state index in [0.29, 0.717) is 28.3 Å². The number of nitrogen functional groups attached to an aromatic ring is 1. The fourth-order valence-electron chi connectivity index (χ4n) is 2.88. The van der Waals surface area contributed by atoms with Crippen molar-refractivity contribution in [2.24, 2.45) is 0 Å². The van der Waals surface area contributed by atoms with Crippen molar-refractivity contribution in [3.05, 3.63) is 60.4 Å². The molecule has 4 N–H and O–H groups in total. The summed E-state index contributed by atoms with van der Waals surface area (Å²) < 4.78 is 5.20.